The molecule has 2 unspecified atom stereocenters. The minimum Gasteiger partial charge on any atom is -0.412 e. The van der Waals surface area contributed by atoms with E-state index in [1.54, 1.807) is 17.0 Å². The number of halogens is 2. The Morgan fingerprint density at radius 1 is 0.732 bits per heavy atom. The largest absolute Gasteiger partial charge is 0.412 e. The third-order valence-corrected chi connectivity index (χ3v) is 11.6. The van der Waals surface area contributed by atoms with E-state index >= 15 is 0 Å². The van der Waals surface area contributed by atoms with Gasteiger partial charge in [0.25, 0.3) is 11.8 Å². The Kier molecular flexibility index (Phi) is 25.0. The molecule has 2 atom stereocenters. The number of amides is 2. The van der Waals surface area contributed by atoms with Crippen LogP contribution in [0.25, 0.3) is 0 Å². The molecular weight excluding hydrogens is 788 g/mol. The first kappa shape index (κ1) is 50.3. The Labute approximate surface area is 351 Å². The van der Waals surface area contributed by atoms with Crippen molar-refractivity contribution in [2.45, 2.75) is 116 Å². The minimum absolute atomic E-state index is 0. The van der Waals surface area contributed by atoms with Crippen LogP contribution >= 0.6 is 27.5 Å². The molecule has 0 saturated heterocycles. The number of nitrogens with zero attached hydrogens (tertiary/aromatic N) is 2. The third-order valence-electron chi connectivity index (χ3n) is 10.6. The lowest BCUT2D eigenvalue weighted by molar-refractivity contribution is 0.0640. The Bertz CT molecular complexity index is 1470. The van der Waals surface area contributed by atoms with Crippen molar-refractivity contribution in [3.63, 3.8) is 0 Å². The molecule has 56 heavy (non-hydrogen) atoms. The molecule has 8 nitrogen and oxygen atoms in total. The molecule has 6 N–H and O–H groups in total. The van der Waals surface area contributed by atoms with Crippen molar-refractivity contribution in [3.8, 4) is 24.7 Å². The summed E-state index contributed by atoms with van der Waals surface area (Å²) in [6.07, 6.45) is 27.4. The van der Waals surface area contributed by atoms with Crippen LogP contribution in [0.1, 0.15) is 124 Å². The first-order chi connectivity index (χ1) is 26.2. The molecule has 10 heteroatoms. The van der Waals surface area contributed by atoms with Crippen molar-refractivity contribution in [2.24, 2.45) is 11.8 Å². The van der Waals surface area contributed by atoms with E-state index < -0.39 is 0 Å². The number of carbonyl (C=O) groups excluding carboxylic acids is 2. The van der Waals surface area contributed by atoms with Crippen molar-refractivity contribution in [3.05, 3.63) is 93.7 Å². The number of hydrogen-bond donors (Lipinski definition) is 2. The van der Waals surface area contributed by atoms with Gasteiger partial charge in [-0.25, -0.2) is 0 Å². The van der Waals surface area contributed by atoms with Crippen LogP contribution in [0.4, 0.5) is 0 Å². The van der Waals surface area contributed by atoms with E-state index in [0.29, 0.717) is 28.0 Å². The second-order valence-electron chi connectivity index (χ2n) is 14.5. The van der Waals surface area contributed by atoms with Gasteiger partial charge in [0.1, 0.15) is 0 Å². The molecule has 4 rings (SSSR count). The Morgan fingerprint density at radius 2 is 1.12 bits per heavy atom. The molecule has 2 aromatic rings. The summed E-state index contributed by atoms with van der Waals surface area (Å²) in [5, 5.41) is 7.38. The van der Waals surface area contributed by atoms with E-state index in [1.165, 1.54) is 38.5 Å². The monoisotopic (exact) mass is 852 g/mol. The number of carbonyl (C=O) groups is 2. The van der Waals surface area contributed by atoms with Gasteiger partial charge in [-0.15, -0.1) is 12.8 Å². The van der Waals surface area contributed by atoms with E-state index in [1.807, 2.05) is 41.3 Å². The summed E-state index contributed by atoms with van der Waals surface area (Å²) in [6, 6.07) is 14.5. The summed E-state index contributed by atoms with van der Waals surface area (Å²) in [5.41, 5.74) is 2.96. The Morgan fingerprint density at radius 3 is 1.52 bits per heavy atom. The van der Waals surface area contributed by atoms with Gasteiger partial charge in [-0.1, -0.05) is 126 Å². The molecule has 0 aromatic heterocycles. The van der Waals surface area contributed by atoms with E-state index in [4.69, 9.17) is 24.4 Å². The summed E-state index contributed by atoms with van der Waals surface area (Å²) in [5.74, 6) is 6.00. The summed E-state index contributed by atoms with van der Waals surface area (Å²) in [4.78, 5) is 30.4. The fourth-order valence-corrected chi connectivity index (χ4v) is 8.45. The number of rotatable bonds is 18. The predicted molar refractivity (Wildman–Crippen MR) is 237 cm³/mol. The van der Waals surface area contributed by atoms with Crippen LogP contribution in [0.3, 0.4) is 0 Å². The highest BCUT2D eigenvalue weighted by Gasteiger charge is 2.36. The summed E-state index contributed by atoms with van der Waals surface area (Å²) >= 11 is 9.81. The van der Waals surface area contributed by atoms with Crippen LogP contribution in [0.2, 0.25) is 5.02 Å². The smallest absolute Gasteiger partial charge is 0.256 e. The number of nitrogens with one attached hydrogen (secondary N) is 2. The maximum Gasteiger partial charge on any atom is 0.256 e. The van der Waals surface area contributed by atoms with Gasteiger partial charge >= 0.3 is 0 Å². The number of hydrogen-bond acceptors (Lipinski definition) is 4. The van der Waals surface area contributed by atoms with Gasteiger partial charge in [0.05, 0.1) is 41.3 Å². The molecule has 0 aliphatic heterocycles. The van der Waals surface area contributed by atoms with Crippen LogP contribution in [0.5, 0.6) is 0 Å². The van der Waals surface area contributed by atoms with E-state index in [2.05, 4.69) is 65.4 Å². The van der Waals surface area contributed by atoms with E-state index in [9.17, 15) is 9.59 Å². The SMILES string of the molecule is C#CCN(C(=O)c1ccccc1Br)C(C(=C)NCCCC)C1CCCCC1.C#CCN(C(=O)c1ccccc1Cl)C(C(=C)NCCCC)C1CCCCC1.O.O. The van der Waals surface area contributed by atoms with Crippen molar-refractivity contribution in [1.29, 1.82) is 0 Å². The first-order valence-corrected chi connectivity index (χ1v) is 21.2. The lowest BCUT2D eigenvalue weighted by Crippen LogP contribution is -2.49. The molecule has 2 aliphatic rings. The fraction of sp³-hybridized carbons (Fsp3) is 0.522. The van der Waals surface area contributed by atoms with Crippen molar-refractivity contribution < 1.29 is 20.5 Å². The Balaban J connectivity index is 0.000000541. The summed E-state index contributed by atoms with van der Waals surface area (Å²) in [7, 11) is 0. The second kappa shape index (κ2) is 27.8. The molecule has 2 aliphatic carbocycles. The van der Waals surface area contributed by atoms with Gasteiger partial charge in [0.15, 0.2) is 0 Å². The second-order valence-corrected chi connectivity index (χ2v) is 15.8. The fourth-order valence-electron chi connectivity index (χ4n) is 7.78. The van der Waals surface area contributed by atoms with Gasteiger partial charge in [0.2, 0.25) is 0 Å². The highest BCUT2D eigenvalue weighted by atomic mass is 79.9. The molecule has 0 bridgehead atoms. The lowest BCUT2D eigenvalue weighted by Gasteiger charge is -2.39. The normalized spacial score (nSPS) is 15.0. The molecule has 2 aromatic carbocycles. The number of terminal acetylenes is 2. The molecule has 0 heterocycles. The van der Waals surface area contributed by atoms with Crippen LogP contribution < -0.4 is 10.6 Å². The standard InChI is InChI=1S/C23H31BrN2O.C23H31ClN2O.2H2O/c2*1-4-6-16-25-18(3)22(19-12-8-7-9-13-19)26(17-5-2)23(27)20-14-10-11-15-21(20)24;;/h2*2,10-11,14-15,19,22,25H,3-4,6-9,12-13,16-17H2,1H3;2*1H2. The number of benzene rings is 2. The third kappa shape index (κ3) is 15.0. The zero-order valence-corrected chi connectivity index (χ0v) is 36.0. The molecule has 0 radical (unpaired) electrons. The van der Waals surface area contributed by atoms with Crippen LogP contribution in [-0.4, -0.2) is 70.8 Å². The average Bonchev–Trinajstić information content (AvgIpc) is 3.19. The van der Waals surface area contributed by atoms with Crippen molar-refractivity contribution in [2.75, 3.05) is 26.2 Å². The quantitative estimate of drug-likeness (QED) is 0.115. The van der Waals surface area contributed by atoms with Gasteiger partial charge in [0, 0.05) is 29.0 Å². The van der Waals surface area contributed by atoms with Gasteiger partial charge in [-0.2, -0.15) is 0 Å². The van der Waals surface area contributed by atoms with E-state index in [0.717, 1.165) is 80.3 Å². The highest BCUT2D eigenvalue weighted by molar-refractivity contribution is 9.10. The van der Waals surface area contributed by atoms with Gasteiger partial charge in [-0.05, 0) is 90.6 Å². The summed E-state index contributed by atoms with van der Waals surface area (Å²) in [6.45, 7) is 15.2. The topological polar surface area (TPSA) is 128 Å². The zero-order chi connectivity index (χ0) is 39.3. The predicted octanol–water partition coefficient (Wildman–Crippen LogP) is 9.00. The van der Waals surface area contributed by atoms with Gasteiger partial charge < -0.3 is 31.4 Å². The van der Waals surface area contributed by atoms with Crippen molar-refractivity contribution >= 4 is 39.3 Å². The first-order valence-electron chi connectivity index (χ1n) is 20.0. The molecule has 2 saturated carbocycles. The molecule has 2 fully saturated rings. The maximum absolute atomic E-state index is 13.4. The highest BCUT2D eigenvalue weighted by Crippen LogP contribution is 2.34. The molecule has 0 spiro atoms. The minimum atomic E-state index is -0.118. The van der Waals surface area contributed by atoms with Crippen LogP contribution in [0.15, 0.2) is 77.6 Å². The molecular formula is C46H66BrClN4O4. The maximum atomic E-state index is 13.4. The zero-order valence-electron chi connectivity index (χ0n) is 33.7. The molecule has 2 amide bonds. The van der Waals surface area contributed by atoms with E-state index in [-0.39, 0.29) is 47.9 Å². The van der Waals surface area contributed by atoms with Crippen LogP contribution in [0, 0.1) is 36.5 Å². The van der Waals surface area contributed by atoms with Crippen molar-refractivity contribution in [1.82, 2.24) is 20.4 Å². The number of unbranched alkanes of at least 4 members (excludes halogenated alkanes) is 2. The van der Waals surface area contributed by atoms with Gasteiger partial charge in [-0.3, -0.25) is 9.59 Å². The molecule has 308 valence electrons. The lowest BCUT2D eigenvalue weighted by atomic mass is 9.81. The Hall–Kier alpha value is -3.73. The summed E-state index contributed by atoms with van der Waals surface area (Å²) < 4.78 is 0.795. The average molecular weight is 854 g/mol. The van der Waals surface area contributed by atoms with Crippen LogP contribution in [-0.2, 0) is 0 Å².